The molecule has 0 unspecified atom stereocenters. The fourth-order valence-electron chi connectivity index (χ4n) is 1.07. The fraction of sp³-hybridized carbons (Fsp3) is 0.571. The molecule has 0 aliphatic carbocycles. The smallest absolute Gasteiger partial charge is 0.212 e. The summed E-state index contributed by atoms with van der Waals surface area (Å²) < 4.78 is 6.73. The first-order chi connectivity index (χ1) is 6.31. The highest BCUT2D eigenvalue weighted by atomic mass is 32.2. The van der Waals surface area contributed by atoms with Gasteiger partial charge in [0.1, 0.15) is 6.61 Å². The highest BCUT2D eigenvalue weighted by Crippen LogP contribution is 2.21. The third-order valence-corrected chi connectivity index (χ3v) is 2.71. The first kappa shape index (κ1) is 8.71. The number of hydrogen-bond acceptors (Lipinski definition) is 5. The molecule has 0 saturated carbocycles. The number of nitrogens with zero attached hydrogens (tertiary/aromatic N) is 4. The molecule has 1 aliphatic rings. The minimum atomic E-state index is 0.449. The lowest BCUT2D eigenvalue weighted by Gasteiger charge is -2.09. The Morgan fingerprint density at radius 1 is 1.54 bits per heavy atom. The summed E-state index contributed by atoms with van der Waals surface area (Å²) in [6, 6.07) is 0. The molecule has 0 spiro atoms. The standard InChI is InChI=1S/C7H10N4OS/c1-5-4-13-7-9-8-6(3-12-2)11(7)10-5/h3-4H2,1-2H3. The Labute approximate surface area is 80.2 Å². The second-order valence-corrected chi connectivity index (χ2v) is 3.71. The summed E-state index contributed by atoms with van der Waals surface area (Å²) in [7, 11) is 1.63. The van der Waals surface area contributed by atoms with Crippen LogP contribution in [0.2, 0.25) is 0 Å². The number of hydrogen-bond donors (Lipinski definition) is 0. The van der Waals surface area contributed by atoms with Crippen LogP contribution in [-0.2, 0) is 11.3 Å². The molecule has 2 heterocycles. The van der Waals surface area contributed by atoms with Gasteiger partial charge in [0, 0.05) is 18.6 Å². The average molecular weight is 198 g/mol. The van der Waals surface area contributed by atoms with Crippen LogP contribution in [0.25, 0.3) is 0 Å². The van der Waals surface area contributed by atoms with Crippen molar-refractivity contribution in [3.05, 3.63) is 5.82 Å². The molecule has 70 valence electrons. The van der Waals surface area contributed by atoms with E-state index in [9.17, 15) is 0 Å². The highest BCUT2D eigenvalue weighted by molar-refractivity contribution is 7.99. The molecule has 0 aromatic carbocycles. The van der Waals surface area contributed by atoms with Gasteiger partial charge in [-0.15, -0.1) is 10.2 Å². The maximum Gasteiger partial charge on any atom is 0.212 e. The number of rotatable bonds is 2. The quantitative estimate of drug-likeness (QED) is 0.703. The first-order valence-corrected chi connectivity index (χ1v) is 4.90. The Morgan fingerprint density at radius 2 is 2.38 bits per heavy atom. The van der Waals surface area contributed by atoms with Crippen LogP contribution < -0.4 is 0 Å². The molecule has 1 aromatic rings. The van der Waals surface area contributed by atoms with E-state index in [4.69, 9.17) is 4.74 Å². The molecule has 0 fully saturated rings. The van der Waals surface area contributed by atoms with Crippen LogP contribution in [0.1, 0.15) is 12.7 Å². The van der Waals surface area contributed by atoms with Crippen molar-refractivity contribution in [1.82, 2.24) is 14.9 Å². The van der Waals surface area contributed by atoms with E-state index >= 15 is 0 Å². The summed E-state index contributed by atoms with van der Waals surface area (Å²) in [5.74, 6) is 1.65. The summed E-state index contributed by atoms with van der Waals surface area (Å²) >= 11 is 1.65. The largest absolute Gasteiger partial charge is 0.377 e. The van der Waals surface area contributed by atoms with E-state index in [0.29, 0.717) is 6.61 Å². The van der Waals surface area contributed by atoms with Gasteiger partial charge in [-0.1, -0.05) is 11.8 Å². The molecule has 5 nitrogen and oxygen atoms in total. The maximum absolute atomic E-state index is 4.99. The van der Waals surface area contributed by atoms with Crippen molar-refractivity contribution in [1.29, 1.82) is 0 Å². The molecule has 13 heavy (non-hydrogen) atoms. The molecule has 1 aromatic heterocycles. The second-order valence-electron chi connectivity index (χ2n) is 2.77. The molecule has 0 amide bonds. The first-order valence-electron chi connectivity index (χ1n) is 3.91. The van der Waals surface area contributed by atoms with Crippen molar-refractivity contribution in [2.24, 2.45) is 5.10 Å². The molecule has 0 atom stereocenters. The SMILES string of the molecule is COCc1nnc2n1N=C(C)CS2. The zero-order chi connectivity index (χ0) is 9.26. The van der Waals surface area contributed by atoms with Crippen LogP contribution >= 0.6 is 11.8 Å². The lowest BCUT2D eigenvalue weighted by molar-refractivity contribution is 0.174. The number of aromatic nitrogens is 3. The van der Waals surface area contributed by atoms with Crippen LogP contribution in [0.15, 0.2) is 10.3 Å². The minimum absolute atomic E-state index is 0.449. The van der Waals surface area contributed by atoms with Crippen molar-refractivity contribution in [2.45, 2.75) is 18.7 Å². The molecule has 1 aliphatic heterocycles. The lowest BCUT2D eigenvalue weighted by Crippen LogP contribution is -2.10. The maximum atomic E-state index is 4.99. The van der Waals surface area contributed by atoms with Crippen LogP contribution in [0.4, 0.5) is 0 Å². The third-order valence-electron chi connectivity index (χ3n) is 1.63. The van der Waals surface area contributed by atoms with E-state index in [0.717, 1.165) is 22.4 Å². The normalized spacial score (nSPS) is 15.4. The predicted octanol–water partition coefficient (Wildman–Crippen LogP) is 0.754. The molecular weight excluding hydrogens is 188 g/mol. The molecular formula is C7H10N4OS. The van der Waals surface area contributed by atoms with E-state index in [1.165, 1.54) is 0 Å². The molecule has 0 bridgehead atoms. The van der Waals surface area contributed by atoms with E-state index < -0.39 is 0 Å². The van der Waals surface area contributed by atoms with E-state index in [1.807, 2.05) is 6.92 Å². The number of thioether (sulfide) groups is 1. The van der Waals surface area contributed by atoms with Gasteiger partial charge in [-0.25, -0.2) is 0 Å². The van der Waals surface area contributed by atoms with Gasteiger partial charge in [-0.2, -0.15) is 9.78 Å². The Hall–Kier alpha value is -0.880. The van der Waals surface area contributed by atoms with Gasteiger partial charge in [0.15, 0.2) is 5.82 Å². The second kappa shape index (κ2) is 3.47. The molecule has 0 radical (unpaired) electrons. The average Bonchev–Trinajstić information content (AvgIpc) is 2.49. The van der Waals surface area contributed by atoms with Gasteiger partial charge in [0.2, 0.25) is 5.16 Å². The fourth-order valence-corrected chi connectivity index (χ4v) is 1.84. The van der Waals surface area contributed by atoms with E-state index in [1.54, 1.807) is 23.5 Å². The van der Waals surface area contributed by atoms with Gasteiger partial charge >= 0.3 is 0 Å². The summed E-state index contributed by atoms with van der Waals surface area (Å²) in [4.78, 5) is 0. The summed E-state index contributed by atoms with van der Waals surface area (Å²) in [5.41, 5.74) is 1.08. The number of ether oxygens (including phenoxy) is 1. The molecule has 0 N–H and O–H groups in total. The zero-order valence-corrected chi connectivity index (χ0v) is 8.34. The van der Waals surface area contributed by atoms with Crippen molar-refractivity contribution in [3.63, 3.8) is 0 Å². The van der Waals surface area contributed by atoms with Crippen molar-refractivity contribution < 1.29 is 4.74 Å². The lowest BCUT2D eigenvalue weighted by atomic mass is 10.5. The molecule has 0 saturated heterocycles. The van der Waals surface area contributed by atoms with Crippen molar-refractivity contribution >= 4 is 17.5 Å². The van der Waals surface area contributed by atoms with Gasteiger partial charge < -0.3 is 4.74 Å². The van der Waals surface area contributed by atoms with E-state index in [2.05, 4.69) is 15.3 Å². The Bertz CT molecular complexity index is 346. The monoisotopic (exact) mass is 198 g/mol. The zero-order valence-electron chi connectivity index (χ0n) is 7.52. The Balaban J connectivity index is 2.37. The van der Waals surface area contributed by atoms with Gasteiger partial charge in [0.25, 0.3) is 0 Å². The summed E-state index contributed by atoms with van der Waals surface area (Å²) in [6.07, 6.45) is 0. The third kappa shape index (κ3) is 1.59. The van der Waals surface area contributed by atoms with Crippen LogP contribution in [0.5, 0.6) is 0 Å². The Morgan fingerprint density at radius 3 is 3.15 bits per heavy atom. The predicted molar refractivity (Wildman–Crippen MR) is 50.0 cm³/mol. The molecule has 2 rings (SSSR count). The van der Waals surface area contributed by atoms with Gasteiger partial charge in [0.05, 0.1) is 0 Å². The van der Waals surface area contributed by atoms with Gasteiger partial charge in [-0.3, -0.25) is 0 Å². The van der Waals surface area contributed by atoms with Gasteiger partial charge in [-0.05, 0) is 6.92 Å². The minimum Gasteiger partial charge on any atom is -0.377 e. The topological polar surface area (TPSA) is 52.3 Å². The summed E-state index contributed by atoms with van der Waals surface area (Å²) in [5, 5.41) is 13.2. The Kier molecular flexibility index (Phi) is 2.32. The van der Waals surface area contributed by atoms with Crippen LogP contribution in [-0.4, -0.2) is 33.4 Å². The number of methoxy groups -OCH3 is 1. The highest BCUT2D eigenvalue weighted by Gasteiger charge is 2.16. The summed E-state index contributed by atoms with van der Waals surface area (Å²) in [6.45, 7) is 2.44. The van der Waals surface area contributed by atoms with Crippen LogP contribution in [0.3, 0.4) is 0 Å². The van der Waals surface area contributed by atoms with Crippen molar-refractivity contribution in [2.75, 3.05) is 12.9 Å². The van der Waals surface area contributed by atoms with E-state index in [-0.39, 0.29) is 0 Å². The van der Waals surface area contributed by atoms with Crippen molar-refractivity contribution in [3.8, 4) is 0 Å². The van der Waals surface area contributed by atoms with Crippen LogP contribution in [0, 0.1) is 0 Å². The number of fused-ring (bicyclic) bond motifs is 1. The molecule has 6 heteroatoms.